The number of carbonyl (C=O) groups excluding carboxylic acids is 1. The molecule has 1 aromatic heterocycles. The van der Waals surface area contributed by atoms with Gasteiger partial charge in [-0.05, 0) is 25.0 Å². The Hall–Kier alpha value is -1.24. The van der Waals surface area contributed by atoms with Crippen molar-refractivity contribution in [3.05, 3.63) is 23.9 Å². The summed E-state index contributed by atoms with van der Waals surface area (Å²) in [6, 6.07) is 3.07. The Balaban J connectivity index is 2.04. The van der Waals surface area contributed by atoms with E-state index in [4.69, 9.17) is 0 Å². The summed E-state index contributed by atoms with van der Waals surface area (Å²) < 4.78 is 36.4. The van der Waals surface area contributed by atoms with Crippen molar-refractivity contribution in [2.75, 3.05) is 6.54 Å². The van der Waals surface area contributed by atoms with Crippen molar-refractivity contribution in [2.24, 2.45) is 0 Å². The number of alkyl halides is 3. The Morgan fingerprint density at radius 1 is 1.40 bits per heavy atom. The maximum Gasteiger partial charge on any atom is 0.405 e. The van der Waals surface area contributed by atoms with Gasteiger partial charge in [0.2, 0.25) is 0 Å². The number of rotatable bonds is 4. The fraction of sp³-hybridized carbons (Fsp3) is 0.538. The third-order valence-electron chi connectivity index (χ3n) is 3.05. The quantitative estimate of drug-likeness (QED) is 0.927. The third-order valence-corrected chi connectivity index (χ3v) is 4.40. The standard InChI is InChI=1S/C13H15F3N2OS/c14-13(15,16)8-18-11(19)10-6-3-7-17-12(10)20-9-4-1-2-5-9/h3,6-7,9H,1-2,4-5,8H2,(H,18,19). The van der Waals surface area contributed by atoms with Gasteiger partial charge in [-0.2, -0.15) is 13.2 Å². The van der Waals surface area contributed by atoms with E-state index in [0.717, 1.165) is 25.7 Å². The van der Waals surface area contributed by atoms with E-state index in [9.17, 15) is 18.0 Å². The maximum atomic E-state index is 12.1. The van der Waals surface area contributed by atoms with Gasteiger partial charge in [0.15, 0.2) is 0 Å². The van der Waals surface area contributed by atoms with Crippen LogP contribution in [0, 0.1) is 0 Å². The lowest BCUT2D eigenvalue weighted by Gasteiger charge is -2.13. The first-order valence-electron chi connectivity index (χ1n) is 6.42. The molecule has 0 unspecified atom stereocenters. The molecule has 0 aliphatic heterocycles. The van der Waals surface area contributed by atoms with E-state index >= 15 is 0 Å². The van der Waals surface area contributed by atoms with E-state index < -0.39 is 18.6 Å². The lowest BCUT2D eigenvalue weighted by Crippen LogP contribution is -2.34. The SMILES string of the molecule is O=C(NCC(F)(F)F)c1cccnc1SC1CCCC1. The minimum atomic E-state index is -4.41. The van der Waals surface area contributed by atoms with Crippen LogP contribution in [0.5, 0.6) is 0 Å². The molecule has 3 nitrogen and oxygen atoms in total. The van der Waals surface area contributed by atoms with Crippen molar-refractivity contribution in [1.29, 1.82) is 0 Å². The molecule has 0 bridgehead atoms. The average Bonchev–Trinajstić information content (AvgIpc) is 2.89. The summed E-state index contributed by atoms with van der Waals surface area (Å²) in [7, 11) is 0. The van der Waals surface area contributed by atoms with E-state index in [1.54, 1.807) is 12.3 Å². The largest absolute Gasteiger partial charge is 0.405 e. The minimum Gasteiger partial charge on any atom is -0.343 e. The first kappa shape index (κ1) is 15.2. The van der Waals surface area contributed by atoms with E-state index in [2.05, 4.69) is 4.98 Å². The molecule has 110 valence electrons. The van der Waals surface area contributed by atoms with Crippen molar-refractivity contribution in [3.8, 4) is 0 Å². The average molecular weight is 304 g/mol. The lowest BCUT2D eigenvalue weighted by atomic mass is 10.2. The molecule has 0 radical (unpaired) electrons. The number of hydrogen-bond acceptors (Lipinski definition) is 3. The molecule has 0 spiro atoms. The molecule has 2 rings (SSSR count). The summed E-state index contributed by atoms with van der Waals surface area (Å²) in [5.74, 6) is -0.726. The number of halogens is 3. The number of thioether (sulfide) groups is 1. The second-order valence-corrected chi connectivity index (χ2v) is 5.97. The fourth-order valence-electron chi connectivity index (χ4n) is 2.10. The van der Waals surface area contributed by atoms with E-state index in [1.165, 1.54) is 17.8 Å². The molecule has 1 aliphatic carbocycles. The Morgan fingerprint density at radius 2 is 2.10 bits per heavy atom. The summed E-state index contributed by atoms with van der Waals surface area (Å²) in [5.41, 5.74) is 0.216. The molecule has 20 heavy (non-hydrogen) atoms. The number of pyridine rings is 1. The molecular weight excluding hydrogens is 289 g/mol. The third kappa shape index (κ3) is 4.40. The second kappa shape index (κ2) is 6.47. The molecule has 1 aromatic rings. The Kier molecular flexibility index (Phi) is 4.91. The van der Waals surface area contributed by atoms with Crippen LogP contribution in [0.2, 0.25) is 0 Å². The predicted molar refractivity (Wildman–Crippen MR) is 70.7 cm³/mol. The highest BCUT2D eigenvalue weighted by molar-refractivity contribution is 7.99. The molecule has 0 atom stereocenters. The van der Waals surface area contributed by atoms with Crippen LogP contribution in [-0.4, -0.2) is 28.9 Å². The molecule has 1 saturated carbocycles. The van der Waals surface area contributed by atoms with Crippen LogP contribution in [0.15, 0.2) is 23.4 Å². The summed E-state index contributed by atoms with van der Waals surface area (Å²) in [5, 5.41) is 2.80. The zero-order chi connectivity index (χ0) is 14.6. The van der Waals surface area contributed by atoms with Crippen molar-refractivity contribution in [2.45, 2.75) is 42.1 Å². The van der Waals surface area contributed by atoms with Gasteiger partial charge in [-0.3, -0.25) is 4.79 Å². The fourth-order valence-corrected chi connectivity index (χ4v) is 3.39. The summed E-state index contributed by atoms with van der Waals surface area (Å²) in [4.78, 5) is 16.0. The zero-order valence-corrected chi connectivity index (χ0v) is 11.6. The monoisotopic (exact) mass is 304 g/mol. The van der Waals surface area contributed by atoms with Gasteiger partial charge in [0.05, 0.1) is 5.56 Å². The van der Waals surface area contributed by atoms with Crippen LogP contribution >= 0.6 is 11.8 Å². The van der Waals surface area contributed by atoms with Crippen LogP contribution in [0.25, 0.3) is 0 Å². The first-order chi connectivity index (χ1) is 9.46. The summed E-state index contributed by atoms with van der Waals surface area (Å²) in [6.45, 7) is -1.33. The molecule has 1 heterocycles. The molecule has 1 amide bonds. The van der Waals surface area contributed by atoms with Crippen LogP contribution in [0.3, 0.4) is 0 Å². The number of nitrogens with one attached hydrogen (secondary N) is 1. The van der Waals surface area contributed by atoms with E-state index in [1.807, 2.05) is 5.32 Å². The highest BCUT2D eigenvalue weighted by Gasteiger charge is 2.28. The van der Waals surface area contributed by atoms with Crippen molar-refractivity contribution in [3.63, 3.8) is 0 Å². The van der Waals surface area contributed by atoms with Gasteiger partial charge >= 0.3 is 6.18 Å². The van der Waals surface area contributed by atoms with Gasteiger partial charge in [0.25, 0.3) is 5.91 Å². The molecule has 1 fully saturated rings. The van der Waals surface area contributed by atoms with Gasteiger partial charge < -0.3 is 5.32 Å². The highest BCUT2D eigenvalue weighted by Crippen LogP contribution is 2.35. The molecule has 1 aliphatic rings. The molecular formula is C13H15F3N2OS. The highest BCUT2D eigenvalue weighted by atomic mass is 32.2. The molecule has 1 N–H and O–H groups in total. The van der Waals surface area contributed by atoms with Crippen molar-refractivity contribution in [1.82, 2.24) is 10.3 Å². The number of amides is 1. The zero-order valence-electron chi connectivity index (χ0n) is 10.7. The molecule has 0 aromatic carbocycles. The lowest BCUT2D eigenvalue weighted by molar-refractivity contribution is -0.123. The van der Waals surface area contributed by atoms with E-state index in [-0.39, 0.29) is 5.56 Å². The predicted octanol–water partition coefficient (Wildman–Crippen LogP) is 3.41. The Morgan fingerprint density at radius 3 is 2.75 bits per heavy atom. The minimum absolute atomic E-state index is 0.216. The normalized spacial score (nSPS) is 16.4. The van der Waals surface area contributed by atoms with Gasteiger partial charge in [-0.15, -0.1) is 11.8 Å². The van der Waals surface area contributed by atoms with Crippen LogP contribution < -0.4 is 5.32 Å². The molecule has 0 saturated heterocycles. The van der Waals surface area contributed by atoms with Crippen molar-refractivity contribution >= 4 is 17.7 Å². The second-order valence-electron chi connectivity index (χ2n) is 4.68. The smallest absolute Gasteiger partial charge is 0.343 e. The maximum absolute atomic E-state index is 12.1. The molecule has 7 heteroatoms. The first-order valence-corrected chi connectivity index (χ1v) is 7.30. The van der Waals surface area contributed by atoms with Gasteiger partial charge in [0.1, 0.15) is 11.6 Å². The van der Waals surface area contributed by atoms with E-state index in [0.29, 0.717) is 10.3 Å². The Bertz CT molecular complexity index is 473. The summed E-state index contributed by atoms with van der Waals surface area (Å²) >= 11 is 1.49. The van der Waals surface area contributed by atoms with Gasteiger partial charge in [-0.1, -0.05) is 12.8 Å². The summed E-state index contributed by atoms with van der Waals surface area (Å²) in [6.07, 6.45) is 1.57. The van der Waals surface area contributed by atoms with Gasteiger partial charge in [-0.25, -0.2) is 4.98 Å². The number of carbonyl (C=O) groups is 1. The number of aromatic nitrogens is 1. The van der Waals surface area contributed by atoms with Crippen LogP contribution in [0.4, 0.5) is 13.2 Å². The van der Waals surface area contributed by atoms with Crippen LogP contribution in [-0.2, 0) is 0 Å². The number of nitrogens with zero attached hydrogens (tertiary/aromatic N) is 1. The number of hydrogen-bond donors (Lipinski definition) is 1. The van der Waals surface area contributed by atoms with Gasteiger partial charge in [0, 0.05) is 11.4 Å². The Labute approximate surface area is 119 Å². The van der Waals surface area contributed by atoms with Crippen molar-refractivity contribution < 1.29 is 18.0 Å². The van der Waals surface area contributed by atoms with Crippen LogP contribution in [0.1, 0.15) is 36.0 Å². The topological polar surface area (TPSA) is 42.0 Å².